The van der Waals surface area contributed by atoms with Crippen LogP contribution in [-0.2, 0) is 0 Å². The zero-order valence-electron chi connectivity index (χ0n) is 12.8. The zero-order chi connectivity index (χ0) is 15.6. The largest absolute Gasteiger partial charge is 0.477 e. The van der Waals surface area contributed by atoms with Gasteiger partial charge in [0, 0.05) is 30.9 Å². The maximum atomic E-state index is 12.1. The fourth-order valence-electron chi connectivity index (χ4n) is 2.64. The van der Waals surface area contributed by atoms with Gasteiger partial charge < -0.3 is 19.9 Å². The highest BCUT2D eigenvalue weighted by Gasteiger charge is 2.27. The van der Waals surface area contributed by atoms with Crippen LogP contribution in [0.3, 0.4) is 0 Å². The second-order valence-corrected chi connectivity index (χ2v) is 6.50. The minimum Gasteiger partial charge on any atom is -0.477 e. The number of likely N-dealkylation sites (tertiary alicyclic amines) is 1. The molecule has 1 aromatic rings. The lowest BCUT2D eigenvalue weighted by Gasteiger charge is -2.35. The van der Waals surface area contributed by atoms with Crippen LogP contribution in [0.5, 0.6) is 0 Å². The second kappa shape index (κ2) is 5.79. The van der Waals surface area contributed by atoms with Gasteiger partial charge in [-0.05, 0) is 45.7 Å². The van der Waals surface area contributed by atoms with Crippen LogP contribution in [-0.4, -0.2) is 45.2 Å². The van der Waals surface area contributed by atoms with Crippen molar-refractivity contribution >= 4 is 12.0 Å². The van der Waals surface area contributed by atoms with Crippen LogP contribution in [0.25, 0.3) is 0 Å². The third-order valence-electron chi connectivity index (χ3n) is 3.63. The van der Waals surface area contributed by atoms with Gasteiger partial charge >= 0.3 is 12.0 Å². The van der Waals surface area contributed by atoms with Crippen LogP contribution < -0.4 is 5.32 Å². The summed E-state index contributed by atoms with van der Waals surface area (Å²) < 4.78 is 1.81. The highest BCUT2D eigenvalue weighted by atomic mass is 16.4. The molecule has 0 radical (unpaired) electrons. The summed E-state index contributed by atoms with van der Waals surface area (Å²) in [7, 11) is 0. The Morgan fingerprint density at radius 3 is 2.43 bits per heavy atom. The van der Waals surface area contributed by atoms with Crippen molar-refractivity contribution < 1.29 is 14.7 Å². The maximum Gasteiger partial charge on any atom is 0.352 e. The standard InChI is InChI=1S/C15H23N3O3/c1-15(2,3)16-14(21)17-9-6-11(7-10-17)18-8-4-5-12(18)13(19)20/h4-5,8,11H,6-7,9-10H2,1-3H3,(H,16,21)(H,19,20). The molecule has 2 rings (SSSR count). The number of aromatic nitrogens is 1. The molecule has 2 N–H and O–H groups in total. The van der Waals surface area contributed by atoms with Gasteiger partial charge in [-0.15, -0.1) is 0 Å². The van der Waals surface area contributed by atoms with Gasteiger partial charge in [-0.3, -0.25) is 0 Å². The molecule has 6 nitrogen and oxygen atoms in total. The van der Waals surface area contributed by atoms with E-state index >= 15 is 0 Å². The highest BCUT2D eigenvalue weighted by molar-refractivity contribution is 5.85. The topological polar surface area (TPSA) is 74.6 Å². The molecule has 0 aromatic carbocycles. The van der Waals surface area contributed by atoms with Gasteiger partial charge in [0.15, 0.2) is 0 Å². The number of hydrogen-bond acceptors (Lipinski definition) is 2. The van der Waals surface area contributed by atoms with Crippen molar-refractivity contribution in [3.8, 4) is 0 Å². The lowest BCUT2D eigenvalue weighted by molar-refractivity contribution is 0.0678. The number of carboxylic acids is 1. The number of piperidine rings is 1. The summed E-state index contributed by atoms with van der Waals surface area (Å²) in [6.45, 7) is 7.15. The van der Waals surface area contributed by atoms with Crippen LogP contribution in [0, 0.1) is 0 Å². The van der Waals surface area contributed by atoms with E-state index < -0.39 is 5.97 Å². The van der Waals surface area contributed by atoms with Crippen molar-refractivity contribution in [1.29, 1.82) is 0 Å². The first kappa shape index (κ1) is 15.4. The first-order valence-corrected chi connectivity index (χ1v) is 7.25. The average molecular weight is 293 g/mol. The number of carbonyl (C=O) groups excluding carboxylic acids is 1. The first-order chi connectivity index (χ1) is 9.78. The highest BCUT2D eigenvalue weighted by Crippen LogP contribution is 2.24. The lowest BCUT2D eigenvalue weighted by Crippen LogP contribution is -2.50. The fraction of sp³-hybridized carbons (Fsp3) is 0.600. The van der Waals surface area contributed by atoms with Gasteiger partial charge in [-0.1, -0.05) is 0 Å². The molecule has 1 aromatic heterocycles. The third-order valence-corrected chi connectivity index (χ3v) is 3.63. The monoisotopic (exact) mass is 293 g/mol. The number of hydrogen-bond donors (Lipinski definition) is 2. The molecule has 0 bridgehead atoms. The van der Waals surface area contributed by atoms with Gasteiger partial charge in [0.2, 0.25) is 0 Å². The number of carboxylic acid groups (broad SMARTS) is 1. The van der Waals surface area contributed by atoms with Gasteiger partial charge in [-0.25, -0.2) is 9.59 Å². The van der Waals surface area contributed by atoms with E-state index in [0.717, 1.165) is 12.8 Å². The zero-order valence-corrected chi connectivity index (χ0v) is 12.8. The first-order valence-electron chi connectivity index (χ1n) is 7.25. The number of aromatic carboxylic acids is 1. The smallest absolute Gasteiger partial charge is 0.352 e. The van der Waals surface area contributed by atoms with Crippen LogP contribution in [0.4, 0.5) is 4.79 Å². The molecule has 0 spiro atoms. The van der Waals surface area contributed by atoms with E-state index in [4.69, 9.17) is 5.11 Å². The summed E-state index contributed by atoms with van der Waals surface area (Å²) in [6, 6.07) is 3.46. The van der Waals surface area contributed by atoms with E-state index in [1.165, 1.54) is 0 Å². The summed E-state index contributed by atoms with van der Waals surface area (Å²) in [4.78, 5) is 25.1. The van der Waals surface area contributed by atoms with Crippen molar-refractivity contribution in [1.82, 2.24) is 14.8 Å². The van der Waals surface area contributed by atoms with E-state index in [1.54, 1.807) is 27.8 Å². The van der Waals surface area contributed by atoms with Crippen LogP contribution in [0.1, 0.15) is 50.1 Å². The van der Waals surface area contributed by atoms with Crippen LogP contribution in [0.2, 0.25) is 0 Å². The average Bonchev–Trinajstić information content (AvgIpc) is 2.86. The molecule has 116 valence electrons. The van der Waals surface area contributed by atoms with Crippen LogP contribution in [0.15, 0.2) is 18.3 Å². The van der Waals surface area contributed by atoms with Crippen molar-refractivity contribution in [2.75, 3.05) is 13.1 Å². The molecule has 1 fully saturated rings. The molecule has 2 heterocycles. The second-order valence-electron chi connectivity index (χ2n) is 6.50. The molecule has 21 heavy (non-hydrogen) atoms. The molecule has 0 aliphatic carbocycles. The molecule has 1 saturated heterocycles. The number of urea groups is 1. The summed E-state index contributed by atoms with van der Waals surface area (Å²) in [6.07, 6.45) is 3.35. The third kappa shape index (κ3) is 3.77. The van der Waals surface area contributed by atoms with Crippen molar-refractivity contribution in [2.45, 2.75) is 45.2 Å². The number of rotatable bonds is 2. The molecule has 0 saturated carbocycles. The number of carbonyl (C=O) groups is 2. The Bertz CT molecular complexity index is 523. The SMILES string of the molecule is CC(C)(C)NC(=O)N1CCC(n2cccc2C(=O)O)CC1. The normalized spacial score (nSPS) is 16.8. The Hall–Kier alpha value is -1.98. The fourth-order valence-corrected chi connectivity index (χ4v) is 2.64. The molecular formula is C15H23N3O3. The van der Waals surface area contributed by atoms with E-state index in [2.05, 4.69) is 5.32 Å². The van der Waals surface area contributed by atoms with E-state index in [-0.39, 0.29) is 17.6 Å². The number of nitrogens with zero attached hydrogens (tertiary/aromatic N) is 2. The number of amides is 2. The van der Waals surface area contributed by atoms with E-state index in [9.17, 15) is 9.59 Å². The van der Waals surface area contributed by atoms with Gasteiger partial charge in [0.25, 0.3) is 0 Å². The van der Waals surface area contributed by atoms with Crippen molar-refractivity contribution in [3.05, 3.63) is 24.0 Å². The molecule has 1 aliphatic rings. The summed E-state index contributed by atoms with van der Waals surface area (Å²) in [5.74, 6) is -0.909. The summed E-state index contributed by atoms with van der Waals surface area (Å²) in [5.41, 5.74) is 0.0674. The summed E-state index contributed by atoms with van der Waals surface area (Å²) in [5, 5.41) is 12.1. The Balaban J connectivity index is 1.96. The molecule has 6 heteroatoms. The molecular weight excluding hydrogens is 270 g/mol. The molecule has 0 atom stereocenters. The van der Waals surface area contributed by atoms with Gasteiger partial charge in [0.05, 0.1) is 0 Å². The molecule has 2 amide bonds. The maximum absolute atomic E-state index is 12.1. The number of nitrogens with one attached hydrogen (secondary N) is 1. The molecule has 0 unspecified atom stereocenters. The van der Waals surface area contributed by atoms with Gasteiger partial charge in [-0.2, -0.15) is 0 Å². The lowest BCUT2D eigenvalue weighted by atomic mass is 10.0. The van der Waals surface area contributed by atoms with E-state index in [1.807, 2.05) is 20.8 Å². The Kier molecular flexibility index (Phi) is 4.25. The quantitative estimate of drug-likeness (QED) is 0.879. The predicted molar refractivity (Wildman–Crippen MR) is 79.5 cm³/mol. The minimum atomic E-state index is -0.909. The van der Waals surface area contributed by atoms with Crippen molar-refractivity contribution in [2.24, 2.45) is 0 Å². The van der Waals surface area contributed by atoms with Gasteiger partial charge in [0.1, 0.15) is 5.69 Å². The Labute approximate surface area is 124 Å². The molecule has 1 aliphatic heterocycles. The summed E-state index contributed by atoms with van der Waals surface area (Å²) >= 11 is 0. The Morgan fingerprint density at radius 1 is 1.29 bits per heavy atom. The van der Waals surface area contributed by atoms with Crippen molar-refractivity contribution in [3.63, 3.8) is 0 Å². The Morgan fingerprint density at radius 2 is 1.90 bits per heavy atom. The van der Waals surface area contributed by atoms with Crippen LogP contribution >= 0.6 is 0 Å². The predicted octanol–water partition coefficient (Wildman–Crippen LogP) is 2.33. The minimum absolute atomic E-state index is 0.0492. The van der Waals surface area contributed by atoms with E-state index in [0.29, 0.717) is 18.8 Å².